The second-order valence-electron chi connectivity index (χ2n) is 5.32. The molecule has 19 heavy (non-hydrogen) atoms. The van der Waals surface area contributed by atoms with E-state index < -0.39 is 0 Å². The normalized spacial score (nSPS) is 11.0. The molecule has 0 bridgehead atoms. The number of hydrogen-bond donors (Lipinski definition) is 1. The van der Waals surface area contributed by atoms with Gasteiger partial charge in [0.2, 0.25) is 0 Å². The number of anilines is 1. The molecule has 0 aliphatic rings. The summed E-state index contributed by atoms with van der Waals surface area (Å²) < 4.78 is 10.3. The van der Waals surface area contributed by atoms with E-state index in [4.69, 9.17) is 9.47 Å². The molecule has 0 amide bonds. The summed E-state index contributed by atoms with van der Waals surface area (Å²) in [6, 6.07) is 5.82. The van der Waals surface area contributed by atoms with Crippen molar-refractivity contribution >= 4 is 11.7 Å². The maximum atomic E-state index is 11.3. The topological polar surface area (TPSA) is 47.6 Å². The van der Waals surface area contributed by atoms with Gasteiger partial charge in [0, 0.05) is 11.3 Å². The van der Waals surface area contributed by atoms with Gasteiger partial charge in [-0.1, -0.05) is 20.8 Å². The molecule has 1 aromatic carbocycles. The Morgan fingerprint density at radius 2 is 2.00 bits per heavy atom. The van der Waals surface area contributed by atoms with Crippen molar-refractivity contribution in [3.63, 3.8) is 0 Å². The van der Waals surface area contributed by atoms with Gasteiger partial charge in [-0.3, -0.25) is 4.79 Å². The molecule has 0 heterocycles. The molecule has 106 valence electrons. The average molecular weight is 265 g/mol. The quantitative estimate of drug-likeness (QED) is 0.831. The molecule has 0 spiro atoms. The summed E-state index contributed by atoms with van der Waals surface area (Å²) >= 11 is 0. The van der Waals surface area contributed by atoms with E-state index in [1.807, 2.05) is 18.2 Å². The van der Waals surface area contributed by atoms with Crippen molar-refractivity contribution in [3.8, 4) is 5.75 Å². The number of benzene rings is 1. The van der Waals surface area contributed by atoms with Crippen LogP contribution in [0, 0.1) is 0 Å². The van der Waals surface area contributed by atoms with Gasteiger partial charge in [-0.05, 0) is 30.5 Å². The molecule has 0 fully saturated rings. The molecule has 4 heteroatoms. The maximum absolute atomic E-state index is 11.3. The zero-order chi connectivity index (χ0) is 14.5. The van der Waals surface area contributed by atoms with Gasteiger partial charge in [-0.15, -0.1) is 0 Å². The molecule has 0 unspecified atom stereocenters. The predicted octanol–water partition coefficient (Wildman–Crippen LogP) is 2.97. The SMILES string of the molecule is CCOC(=O)CNc1ccc(OC)c(C(C)(C)C)c1. The van der Waals surface area contributed by atoms with Gasteiger partial charge in [-0.2, -0.15) is 0 Å². The molecule has 0 aromatic heterocycles. The Bertz CT molecular complexity index is 436. The van der Waals surface area contributed by atoms with Crippen molar-refractivity contribution in [2.45, 2.75) is 33.1 Å². The highest BCUT2D eigenvalue weighted by atomic mass is 16.5. The van der Waals surface area contributed by atoms with E-state index in [9.17, 15) is 4.79 Å². The molecular weight excluding hydrogens is 242 g/mol. The smallest absolute Gasteiger partial charge is 0.325 e. The van der Waals surface area contributed by atoms with E-state index in [0.717, 1.165) is 17.0 Å². The number of rotatable bonds is 5. The van der Waals surface area contributed by atoms with E-state index in [0.29, 0.717) is 6.61 Å². The van der Waals surface area contributed by atoms with Crippen LogP contribution in [0.25, 0.3) is 0 Å². The molecule has 0 atom stereocenters. The Hall–Kier alpha value is -1.71. The Balaban J connectivity index is 2.84. The van der Waals surface area contributed by atoms with Crippen molar-refractivity contribution in [2.75, 3.05) is 25.6 Å². The van der Waals surface area contributed by atoms with Crippen LogP contribution >= 0.6 is 0 Å². The number of methoxy groups -OCH3 is 1. The number of esters is 1. The molecule has 0 radical (unpaired) electrons. The van der Waals surface area contributed by atoms with Gasteiger partial charge in [0.05, 0.1) is 13.7 Å². The van der Waals surface area contributed by atoms with Crippen molar-refractivity contribution in [2.24, 2.45) is 0 Å². The minimum Gasteiger partial charge on any atom is -0.496 e. The maximum Gasteiger partial charge on any atom is 0.325 e. The fraction of sp³-hybridized carbons (Fsp3) is 0.533. The minimum atomic E-state index is -0.254. The first-order valence-electron chi connectivity index (χ1n) is 6.46. The molecular formula is C15H23NO3. The predicted molar refractivity (Wildman–Crippen MR) is 76.8 cm³/mol. The van der Waals surface area contributed by atoms with Crippen LogP contribution < -0.4 is 10.1 Å². The Morgan fingerprint density at radius 3 is 2.53 bits per heavy atom. The average Bonchev–Trinajstić information content (AvgIpc) is 2.35. The first kappa shape index (κ1) is 15.3. The lowest BCUT2D eigenvalue weighted by molar-refractivity contribution is -0.140. The van der Waals surface area contributed by atoms with Gasteiger partial charge in [0.25, 0.3) is 0 Å². The lowest BCUT2D eigenvalue weighted by atomic mass is 9.86. The van der Waals surface area contributed by atoms with Crippen LogP contribution in [-0.4, -0.2) is 26.2 Å². The number of carbonyl (C=O) groups excluding carboxylic acids is 1. The molecule has 1 N–H and O–H groups in total. The molecule has 0 aliphatic carbocycles. The standard InChI is InChI=1S/C15H23NO3/c1-6-19-14(17)10-16-11-7-8-13(18-5)12(9-11)15(2,3)4/h7-9,16H,6,10H2,1-5H3. The van der Waals surface area contributed by atoms with E-state index in [-0.39, 0.29) is 17.9 Å². The first-order chi connectivity index (χ1) is 8.88. The van der Waals surface area contributed by atoms with Crippen molar-refractivity contribution in [1.82, 2.24) is 0 Å². The monoisotopic (exact) mass is 265 g/mol. The summed E-state index contributed by atoms with van der Waals surface area (Å²) in [7, 11) is 1.66. The van der Waals surface area contributed by atoms with Crippen LogP contribution in [-0.2, 0) is 14.9 Å². The number of nitrogens with one attached hydrogen (secondary N) is 1. The third-order valence-corrected chi connectivity index (χ3v) is 2.75. The summed E-state index contributed by atoms with van der Waals surface area (Å²) in [5, 5.41) is 3.06. The molecule has 0 saturated carbocycles. The second-order valence-corrected chi connectivity index (χ2v) is 5.32. The minimum absolute atomic E-state index is 0.0209. The molecule has 1 aromatic rings. The van der Waals surface area contributed by atoms with Gasteiger partial charge < -0.3 is 14.8 Å². The zero-order valence-electron chi connectivity index (χ0n) is 12.4. The third kappa shape index (κ3) is 4.47. The van der Waals surface area contributed by atoms with Crippen LogP contribution in [0.4, 0.5) is 5.69 Å². The van der Waals surface area contributed by atoms with Crippen molar-refractivity contribution in [1.29, 1.82) is 0 Å². The number of carbonyl (C=O) groups is 1. The Kier molecular flexibility index (Phi) is 5.21. The van der Waals surface area contributed by atoms with Crippen molar-refractivity contribution in [3.05, 3.63) is 23.8 Å². The van der Waals surface area contributed by atoms with Gasteiger partial charge >= 0.3 is 5.97 Å². The van der Waals surface area contributed by atoms with E-state index in [1.165, 1.54) is 0 Å². The second kappa shape index (κ2) is 6.45. The summed E-state index contributed by atoms with van der Waals surface area (Å²) in [5.41, 5.74) is 1.97. The molecule has 1 rings (SSSR count). The van der Waals surface area contributed by atoms with Crippen LogP contribution in [0.15, 0.2) is 18.2 Å². The first-order valence-corrected chi connectivity index (χ1v) is 6.46. The van der Waals surface area contributed by atoms with Crippen LogP contribution in [0.1, 0.15) is 33.3 Å². The summed E-state index contributed by atoms with van der Waals surface area (Å²) in [6.07, 6.45) is 0. The molecule has 0 saturated heterocycles. The van der Waals surface area contributed by atoms with Gasteiger partial charge in [0.15, 0.2) is 0 Å². The summed E-state index contributed by atoms with van der Waals surface area (Å²) in [6.45, 7) is 8.74. The van der Waals surface area contributed by atoms with Crippen molar-refractivity contribution < 1.29 is 14.3 Å². The molecule has 0 aliphatic heterocycles. The Morgan fingerprint density at radius 1 is 1.32 bits per heavy atom. The van der Waals surface area contributed by atoms with E-state index in [1.54, 1.807) is 14.0 Å². The highest BCUT2D eigenvalue weighted by molar-refractivity contribution is 5.75. The van der Waals surface area contributed by atoms with Gasteiger partial charge in [0.1, 0.15) is 12.3 Å². The zero-order valence-corrected chi connectivity index (χ0v) is 12.4. The van der Waals surface area contributed by atoms with E-state index >= 15 is 0 Å². The van der Waals surface area contributed by atoms with Crippen LogP contribution in [0.5, 0.6) is 5.75 Å². The fourth-order valence-electron chi connectivity index (χ4n) is 1.79. The summed E-state index contributed by atoms with van der Waals surface area (Å²) in [4.78, 5) is 11.3. The lowest BCUT2D eigenvalue weighted by Crippen LogP contribution is -2.18. The van der Waals surface area contributed by atoms with Crippen LogP contribution in [0.3, 0.4) is 0 Å². The highest BCUT2D eigenvalue weighted by Gasteiger charge is 2.19. The Labute approximate surface area is 115 Å². The largest absolute Gasteiger partial charge is 0.496 e. The third-order valence-electron chi connectivity index (χ3n) is 2.75. The van der Waals surface area contributed by atoms with Crippen LogP contribution in [0.2, 0.25) is 0 Å². The van der Waals surface area contributed by atoms with E-state index in [2.05, 4.69) is 26.1 Å². The number of hydrogen-bond acceptors (Lipinski definition) is 4. The summed E-state index contributed by atoms with van der Waals surface area (Å²) in [5.74, 6) is 0.602. The van der Waals surface area contributed by atoms with Gasteiger partial charge in [-0.25, -0.2) is 0 Å². The fourth-order valence-corrected chi connectivity index (χ4v) is 1.79. The highest BCUT2D eigenvalue weighted by Crippen LogP contribution is 2.33. The molecule has 4 nitrogen and oxygen atoms in total. The number of ether oxygens (including phenoxy) is 2. The lowest BCUT2D eigenvalue weighted by Gasteiger charge is -2.23.